The molecular weight excluding hydrogens is 420 g/mol. The highest BCUT2D eigenvalue weighted by atomic mass is 16.6. The van der Waals surface area contributed by atoms with Crippen molar-refractivity contribution in [2.24, 2.45) is 5.92 Å². The number of nitro benzene ring substituents is 1. The summed E-state index contributed by atoms with van der Waals surface area (Å²) in [6.45, 7) is 6.01. The summed E-state index contributed by atoms with van der Waals surface area (Å²) in [6, 6.07) is 10.6. The van der Waals surface area contributed by atoms with Crippen LogP contribution in [0.1, 0.15) is 61.5 Å². The monoisotopic (exact) mass is 450 g/mol. The quantitative estimate of drug-likeness (QED) is 0.524. The number of rotatable bonds is 3. The number of piperidine rings is 2. The minimum Gasteiger partial charge on any atom is -0.365 e. The third-order valence-electron chi connectivity index (χ3n) is 7.67. The van der Waals surface area contributed by atoms with Gasteiger partial charge in [0, 0.05) is 61.0 Å². The molecule has 8 nitrogen and oxygen atoms in total. The number of benzene rings is 1. The van der Waals surface area contributed by atoms with Crippen LogP contribution < -0.4 is 10.5 Å². The maximum Gasteiger partial charge on any atom is 0.293 e. The molecule has 2 saturated heterocycles. The molecule has 1 aromatic heterocycles. The first-order valence-corrected chi connectivity index (χ1v) is 11.9. The molecule has 0 spiro atoms. The first kappa shape index (κ1) is 21.7. The summed E-state index contributed by atoms with van der Waals surface area (Å²) < 4.78 is 1.85. The molecule has 0 saturated carbocycles. The largest absolute Gasteiger partial charge is 0.365 e. The predicted molar refractivity (Wildman–Crippen MR) is 126 cm³/mol. The molecule has 174 valence electrons. The van der Waals surface area contributed by atoms with E-state index in [1.54, 1.807) is 24.3 Å². The van der Waals surface area contributed by atoms with E-state index in [4.69, 9.17) is 0 Å². The van der Waals surface area contributed by atoms with Gasteiger partial charge < -0.3 is 14.4 Å². The minimum atomic E-state index is -0.377. The van der Waals surface area contributed by atoms with Crippen LogP contribution in [0.5, 0.6) is 0 Å². The molecule has 4 atom stereocenters. The van der Waals surface area contributed by atoms with Crippen molar-refractivity contribution in [3.05, 3.63) is 68.1 Å². The van der Waals surface area contributed by atoms with Crippen molar-refractivity contribution in [3.8, 4) is 0 Å². The Labute approximate surface area is 193 Å². The highest BCUT2D eigenvalue weighted by molar-refractivity contribution is 5.96. The molecule has 33 heavy (non-hydrogen) atoms. The SMILES string of the molecule is C[C@H]1CCC[C@H](C)N1C(=O)c1ccc(N2C[C@H]3C[C@@H](C2)c2cccc(=O)n2C3)c([N+](=O)[O-])c1. The summed E-state index contributed by atoms with van der Waals surface area (Å²) in [5.41, 5.74) is 1.93. The number of nitro groups is 1. The zero-order valence-corrected chi connectivity index (χ0v) is 19.1. The number of nitrogens with zero attached hydrogens (tertiary/aromatic N) is 4. The molecule has 4 heterocycles. The van der Waals surface area contributed by atoms with Crippen molar-refractivity contribution >= 4 is 17.3 Å². The Hall–Kier alpha value is -3.16. The number of carbonyl (C=O) groups excluding carboxylic acids is 1. The van der Waals surface area contributed by atoms with Crippen molar-refractivity contribution in [2.75, 3.05) is 18.0 Å². The smallest absolute Gasteiger partial charge is 0.293 e. The van der Waals surface area contributed by atoms with Crippen LogP contribution in [-0.4, -0.2) is 45.5 Å². The second-order valence-corrected chi connectivity index (χ2v) is 9.91. The summed E-state index contributed by atoms with van der Waals surface area (Å²) in [7, 11) is 0. The van der Waals surface area contributed by atoms with Crippen LogP contribution in [0.3, 0.4) is 0 Å². The Morgan fingerprint density at radius 1 is 1.06 bits per heavy atom. The van der Waals surface area contributed by atoms with E-state index < -0.39 is 0 Å². The molecule has 3 aliphatic heterocycles. The highest BCUT2D eigenvalue weighted by Gasteiger charge is 2.37. The summed E-state index contributed by atoms with van der Waals surface area (Å²) in [4.78, 5) is 41.2. The number of aromatic nitrogens is 1. The third kappa shape index (κ3) is 3.81. The number of fused-ring (bicyclic) bond motifs is 4. The van der Waals surface area contributed by atoms with Gasteiger partial charge in [-0.25, -0.2) is 0 Å². The number of carbonyl (C=O) groups is 1. The molecule has 1 aromatic carbocycles. The van der Waals surface area contributed by atoms with Crippen molar-refractivity contribution in [1.29, 1.82) is 0 Å². The predicted octanol–water partition coefficient (Wildman–Crippen LogP) is 3.78. The number of likely N-dealkylation sites (tertiary alicyclic amines) is 1. The van der Waals surface area contributed by atoms with Crippen molar-refractivity contribution in [1.82, 2.24) is 9.47 Å². The van der Waals surface area contributed by atoms with Gasteiger partial charge in [0.25, 0.3) is 17.2 Å². The zero-order chi connectivity index (χ0) is 23.3. The van der Waals surface area contributed by atoms with E-state index in [2.05, 4.69) is 4.90 Å². The highest BCUT2D eigenvalue weighted by Crippen LogP contribution is 2.40. The lowest BCUT2D eigenvalue weighted by Crippen LogP contribution is -2.48. The van der Waals surface area contributed by atoms with Gasteiger partial charge >= 0.3 is 0 Å². The molecular formula is C25H30N4O4. The average molecular weight is 451 g/mol. The molecule has 2 aromatic rings. The normalized spacial score (nSPS) is 26.6. The van der Waals surface area contributed by atoms with E-state index in [-0.39, 0.29) is 46.0 Å². The summed E-state index contributed by atoms with van der Waals surface area (Å²) in [5, 5.41) is 12.0. The van der Waals surface area contributed by atoms with Crippen LogP contribution in [0.2, 0.25) is 0 Å². The Balaban J connectivity index is 1.45. The second-order valence-electron chi connectivity index (χ2n) is 9.91. The van der Waals surface area contributed by atoms with Gasteiger partial charge in [-0.1, -0.05) is 6.07 Å². The van der Waals surface area contributed by atoms with Gasteiger partial charge in [0.05, 0.1) is 4.92 Å². The van der Waals surface area contributed by atoms with Crippen LogP contribution in [0.25, 0.3) is 0 Å². The fourth-order valence-corrected chi connectivity index (χ4v) is 6.13. The summed E-state index contributed by atoms with van der Waals surface area (Å²) >= 11 is 0. The molecule has 2 fully saturated rings. The van der Waals surface area contributed by atoms with Gasteiger partial charge in [-0.05, 0) is 63.6 Å². The van der Waals surface area contributed by atoms with Gasteiger partial charge in [0.2, 0.25) is 0 Å². The molecule has 1 amide bonds. The number of pyridine rings is 1. The first-order chi connectivity index (χ1) is 15.8. The Morgan fingerprint density at radius 2 is 1.82 bits per heavy atom. The Bertz CT molecular complexity index is 1150. The van der Waals surface area contributed by atoms with E-state index in [1.165, 1.54) is 6.07 Å². The van der Waals surface area contributed by atoms with Gasteiger partial charge in [-0.3, -0.25) is 19.7 Å². The summed E-state index contributed by atoms with van der Waals surface area (Å²) in [6.07, 6.45) is 3.99. The molecule has 3 aliphatic rings. The van der Waals surface area contributed by atoms with Crippen LogP contribution in [0, 0.1) is 16.0 Å². The average Bonchev–Trinajstić information content (AvgIpc) is 2.79. The first-order valence-electron chi connectivity index (χ1n) is 11.9. The fourth-order valence-electron chi connectivity index (χ4n) is 6.13. The van der Waals surface area contributed by atoms with Crippen molar-refractivity contribution in [3.63, 3.8) is 0 Å². The molecule has 8 heteroatoms. The van der Waals surface area contributed by atoms with E-state index in [0.717, 1.165) is 31.4 Å². The van der Waals surface area contributed by atoms with Gasteiger partial charge in [-0.15, -0.1) is 0 Å². The zero-order valence-electron chi connectivity index (χ0n) is 19.1. The molecule has 0 unspecified atom stereocenters. The minimum absolute atomic E-state index is 0.0191. The number of amides is 1. The molecule has 0 aliphatic carbocycles. The van der Waals surface area contributed by atoms with Gasteiger partial charge in [0.1, 0.15) is 5.69 Å². The van der Waals surface area contributed by atoms with Crippen LogP contribution in [-0.2, 0) is 6.54 Å². The number of hydrogen-bond acceptors (Lipinski definition) is 5. The van der Waals surface area contributed by atoms with Crippen LogP contribution in [0.4, 0.5) is 11.4 Å². The fraction of sp³-hybridized carbons (Fsp3) is 0.520. The topological polar surface area (TPSA) is 88.7 Å². The number of anilines is 1. The maximum atomic E-state index is 13.3. The molecule has 2 bridgehead atoms. The lowest BCUT2D eigenvalue weighted by atomic mass is 9.83. The lowest BCUT2D eigenvalue weighted by Gasteiger charge is -2.43. The van der Waals surface area contributed by atoms with E-state index in [9.17, 15) is 19.7 Å². The molecule has 5 rings (SSSR count). The molecule has 0 radical (unpaired) electrons. The molecule has 0 N–H and O–H groups in total. The van der Waals surface area contributed by atoms with Crippen LogP contribution in [0.15, 0.2) is 41.2 Å². The van der Waals surface area contributed by atoms with E-state index in [0.29, 0.717) is 30.9 Å². The van der Waals surface area contributed by atoms with Crippen molar-refractivity contribution < 1.29 is 9.72 Å². The van der Waals surface area contributed by atoms with Crippen molar-refractivity contribution in [2.45, 2.75) is 64.1 Å². The van der Waals surface area contributed by atoms with Crippen LogP contribution >= 0.6 is 0 Å². The van der Waals surface area contributed by atoms with Gasteiger partial charge in [-0.2, -0.15) is 0 Å². The Kier molecular flexibility index (Phi) is 5.46. The number of hydrogen-bond donors (Lipinski definition) is 0. The third-order valence-corrected chi connectivity index (χ3v) is 7.67. The van der Waals surface area contributed by atoms with E-state index in [1.807, 2.05) is 29.4 Å². The van der Waals surface area contributed by atoms with E-state index >= 15 is 0 Å². The standard InChI is InChI=1S/C25H30N4O4/c1-16-5-3-6-17(2)28(16)25(31)19-9-10-22(23(12-19)29(32)33)26-13-18-11-20(15-26)21-7-4-8-24(30)27(21)14-18/h4,7-10,12,16-18,20H,3,5-6,11,13-15H2,1-2H3/t16-,17-,18+,20-/m0/s1. The summed E-state index contributed by atoms with van der Waals surface area (Å²) in [5.74, 6) is 0.280. The van der Waals surface area contributed by atoms with Gasteiger partial charge in [0.15, 0.2) is 0 Å². The maximum absolute atomic E-state index is 13.3. The Morgan fingerprint density at radius 3 is 2.55 bits per heavy atom. The second kappa shape index (κ2) is 8.32. The lowest BCUT2D eigenvalue weighted by molar-refractivity contribution is -0.384.